The van der Waals surface area contributed by atoms with E-state index in [-0.39, 0.29) is 11.8 Å². The molecule has 1 heterocycles. The molecule has 2 amide bonds. The summed E-state index contributed by atoms with van der Waals surface area (Å²) in [5, 5.41) is 0.793. The average Bonchev–Trinajstić information content (AvgIpc) is 3.23. The quantitative estimate of drug-likeness (QED) is 0.112. The summed E-state index contributed by atoms with van der Waals surface area (Å²) in [6.45, 7) is 7.72. The number of nitrogens with zero attached hydrogens (tertiary/aromatic N) is 3. The normalized spacial score (nSPS) is 10.9. The second-order valence-electron chi connectivity index (χ2n) is 11.0. The summed E-state index contributed by atoms with van der Waals surface area (Å²) in [5.74, 6) is 0.131. The number of carbonyl (C=O) groups excluding carboxylic acids is 4. The van der Waals surface area contributed by atoms with E-state index in [2.05, 4.69) is 6.92 Å². The molecule has 0 aliphatic rings. The molecule has 0 unspecified atom stereocenters. The zero-order valence-electron chi connectivity index (χ0n) is 26.4. The minimum absolute atomic E-state index is 0.0936. The highest BCUT2D eigenvalue weighted by atomic mass is 16.5. The molecule has 0 spiro atoms. The van der Waals surface area contributed by atoms with E-state index in [1.165, 1.54) is 13.8 Å². The van der Waals surface area contributed by atoms with E-state index in [0.717, 1.165) is 79.3 Å². The zero-order valence-corrected chi connectivity index (χ0v) is 26.4. The maximum atomic E-state index is 13.1. The lowest BCUT2D eigenvalue weighted by Gasteiger charge is -2.23. The van der Waals surface area contributed by atoms with E-state index in [1.807, 2.05) is 41.8 Å². The van der Waals surface area contributed by atoms with Crippen molar-refractivity contribution in [1.29, 1.82) is 0 Å². The third kappa shape index (κ3) is 9.17. The Hall–Kier alpha value is -4.14. The third-order valence-electron chi connectivity index (χ3n) is 7.49. The van der Waals surface area contributed by atoms with Crippen LogP contribution in [-0.4, -0.2) is 53.4 Å². The number of unbranched alkanes of at least 4 members (excludes halogenated alkanes) is 5. The molecule has 9 nitrogen and oxygen atoms in total. The van der Waals surface area contributed by atoms with E-state index in [4.69, 9.17) is 9.47 Å². The molecule has 232 valence electrons. The highest BCUT2D eigenvalue weighted by Gasteiger charge is 2.25. The second-order valence-corrected chi connectivity index (χ2v) is 11.0. The molecule has 0 atom stereocenters. The second kappa shape index (κ2) is 15.9. The number of aromatic nitrogens is 1. The molecule has 2 aromatic carbocycles. The first kappa shape index (κ1) is 33.4. The number of rotatable bonds is 15. The third-order valence-corrected chi connectivity index (χ3v) is 7.49. The number of anilines is 1. The molecule has 0 aliphatic heterocycles. The molecular weight excluding hydrogens is 546 g/mol. The zero-order chi connectivity index (χ0) is 31.5. The topological polar surface area (TPSA) is 98.2 Å². The SMILES string of the molecule is CCCCN(C)C(=O)CCCCCCCN(C(C)=O)c1c(-c2ccc(OC(C)=O)cc2)n(C)c2ccc(OC(C)=O)cc12. The van der Waals surface area contributed by atoms with Gasteiger partial charge in [0.05, 0.1) is 16.9 Å². The maximum Gasteiger partial charge on any atom is 0.308 e. The number of aryl methyl sites for hydroxylation is 1. The van der Waals surface area contributed by atoms with E-state index in [0.29, 0.717) is 24.5 Å². The first-order chi connectivity index (χ1) is 20.5. The van der Waals surface area contributed by atoms with Gasteiger partial charge in [-0.3, -0.25) is 19.2 Å². The Morgan fingerprint density at radius 1 is 0.767 bits per heavy atom. The Morgan fingerprint density at radius 3 is 2.00 bits per heavy atom. The smallest absolute Gasteiger partial charge is 0.308 e. The minimum Gasteiger partial charge on any atom is -0.427 e. The van der Waals surface area contributed by atoms with Crippen molar-refractivity contribution in [2.75, 3.05) is 25.0 Å². The van der Waals surface area contributed by atoms with Crippen LogP contribution in [0.1, 0.15) is 79.1 Å². The number of benzene rings is 2. The van der Waals surface area contributed by atoms with Crippen LogP contribution < -0.4 is 14.4 Å². The van der Waals surface area contributed by atoms with E-state index < -0.39 is 11.9 Å². The first-order valence-electron chi connectivity index (χ1n) is 15.1. The lowest BCUT2D eigenvalue weighted by atomic mass is 10.1. The van der Waals surface area contributed by atoms with Crippen LogP contribution in [0.15, 0.2) is 42.5 Å². The molecule has 3 aromatic rings. The van der Waals surface area contributed by atoms with Crippen molar-refractivity contribution in [2.45, 2.75) is 79.1 Å². The van der Waals surface area contributed by atoms with Gasteiger partial charge in [-0.15, -0.1) is 0 Å². The molecule has 3 rings (SSSR count). The Kier molecular flexibility index (Phi) is 12.3. The summed E-state index contributed by atoms with van der Waals surface area (Å²) in [7, 11) is 3.81. The lowest BCUT2D eigenvalue weighted by molar-refractivity contribution is -0.132. The predicted molar refractivity (Wildman–Crippen MR) is 169 cm³/mol. The fourth-order valence-electron chi connectivity index (χ4n) is 5.30. The Bertz CT molecular complexity index is 1430. The molecule has 0 fully saturated rings. The summed E-state index contributed by atoms with van der Waals surface area (Å²) in [6.07, 6.45) is 7.21. The monoisotopic (exact) mass is 591 g/mol. The van der Waals surface area contributed by atoms with Gasteiger partial charge in [0.15, 0.2) is 0 Å². The van der Waals surface area contributed by atoms with Gasteiger partial charge in [0.1, 0.15) is 11.5 Å². The van der Waals surface area contributed by atoms with Gasteiger partial charge < -0.3 is 23.8 Å². The van der Waals surface area contributed by atoms with E-state index >= 15 is 0 Å². The van der Waals surface area contributed by atoms with Crippen molar-refractivity contribution in [3.63, 3.8) is 0 Å². The Labute approximate surface area is 254 Å². The van der Waals surface area contributed by atoms with Crippen molar-refractivity contribution < 1.29 is 28.7 Å². The van der Waals surface area contributed by atoms with Gasteiger partial charge in [-0.2, -0.15) is 0 Å². The number of ether oxygens (including phenoxy) is 2. The van der Waals surface area contributed by atoms with Crippen LogP contribution >= 0.6 is 0 Å². The molecule has 0 radical (unpaired) electrons. The summed E-state index contributed by atoms with van der Waals surface area (Å²) < 4.78 is 12.6. The van der Waals surface area contributed by atoms with Gasteiger partial charge in [0.2, 0.25) is 11.8 Å². The molecule has 1 aromatic heterocycles. The van der Waals surface area contributed by atoms with Crippen LogP contribution in [0.25, 0.3) is 22.2 Å². The van der Waals surface area contributed by atoms with Crippen LogP contribution in [0.4, 0.5) is 5.69 Å². The Balaban J connectivity index is 1.82. The van der Waals surface area contributed by atoms with Crippen LogP contribution in [-0.2, 0) is 26.2 Å². The Morgan fingerprint density at radius 2 is 1.37 bits per heavy atom. The maximum absolute atomic E-state index is 13.1. The van der Waals surface area contributed by atoms with Crippen LogP contribution in [0.2, 0.25) is 0 Å². The fraction of sp³-hybridized carbons (Fsp3) is 0.471. The molecular formula is C34H45N3O6. The van der Waals surface area contributed by atoms with Crippen molar-refractivity contribution in [3.8, 4) is 22.8 Å². The predicted octanol–water partition coefficient (Wildman–Crippen LogP) is 6.65. The molecule has 0 aliphatic carbocycles. The number of amides is 2. The van der Waals surface area contributed by atoms with Gasteiger partial charge >= 0.3 is 11.9 Å². The van der Waals surface area contributed by atoms with Crippen molar-refractivity contribution in [1.82, 2.24) is 9.47 Å². The number of fused-ring (bicyclic) bond motifs is 1. The van der Waals surface area contributed by atoms with Gasteiger partial charge in [-0.05, 0) is 61.7 Å². The number of carbonyl (C=O) groups is 4. The van der Waals surface area contributed by atoms with E-state index in [9.17, 15) is 19.2 Å². The van der Waals surface area contributed by atoms with Gasteiger partial charge in [-0.1, -0.05) is 32.6 Å². The average molecular weight is 592 g/mol. The summed E-state index contributed by atoms with van der Waals surface area (Å²) >= 11 is 0. The lowest BCUT2D eigenvalue weighted by Crippen LogP contribution is -2.30. The summed E-state index contributed by atoms with van der Waals surface area (Å²) in [4.78, 5) is 52.2. The molecule has 0 saturated heterocycles. The first-order valence-corrected chi connectivity index (χ1v) is 15.1. The van der Waals surface area contributed by atoms with Gasteiger partial charge in [-0.25, -0.2) is 0 Å². The number of hydrogen-bond donors (Lipinski definition) is 0. The molecule has 43 heavy (non-hydrogen) atoms. The largest absolute Gasteiger partial charge is 0.427 e. The molecule has 0 saturated carbocycles. The van der Waals surface area contributed by atoms with Crippen molar-refractivity contribution in [2.24, 2.45) is 7.05 Å². The van der Waals surface area contributed by atoms with Crippen molar-refractivity contribution >= 4 is 40.3 Å². The van der Waals surface area contributed by atoms with E-state index in [1.54, 1.807) is 36.1 Å². The number of hydrogen-bond acceptors (Lipinski definition) is 6. The summed E-state index contributed by atoms with van der Waals surface area (Å²) in [6, 6.07) is 12.6. The highest BCUT2D eigenvalue weighted by Crippen LogP contribution is 2.42. The van der Waals surface area contributed by atoms with Crippen LogP contribution in [0.3, 0.4) is 0 Å². The minimum atomic E-state index is -0.421. The molecule has 0 N–H and O–H groups in total. The van der Waals surface area contributed by atoms with Gasteiger partial charge in [0.25, 0.3) is 0 Å². The molecule has 0 bridgehead atoms. The van der Waals surface area contributed by atoms with Crippen LogP contribution in [0, 0.1) is 0 Å². The highest BCUT2D eigenvalue weighted by molar-refractivity contribution is 6.09. The van der Waals surface area contributed by atoms with Crippen molar-refractivity contribution in [3.05, 3.63) is 42.5 Å². The molecule has 9 heteroatoms. The summed E-state index contributed by atoms with van der Waals surface area (Å²) in [5.41, 5.74) is 3.29. The van der Waals surface area contributed by atoms with Gasteiger partial charge in [0, 0.05) is 65.3 Å². The number of esters is 2. The standard InChI is InChI=1S/C34H45N3O6/c1-7-8-21-35(5)32(41)14-12-10-9-11-13-22-37(24(2)38)34-30-23-29(43-26(4)40)19-20-31(30)36(6)33(34)27-15-17-28(18-16-27)42-25(3)39/h15-20,23H,7-14,21-22H2,1-6H3. The fourth-order valence-corrected chi connectivity index (χ4v) is 5.30. The van der Waals surface area contributed by atoms with Crippen LogP contribution in [0.5, 0.6) is 11.5 Å².